The Labute approximate surface area is 113 Å². The van der Waals surface area contributed by atoms with Crippen LogP contribution in [0.1, 0.15) is 6.92 Å². The van der Waals surface area contributed by atoms with Crippen molar-refractivity contribution < 1.29 is 9.47 Å². The number of rotatable bonds is 5. The van der Waals surface area contributed by atoms with Gasteiger partial charge in [-0.3, -0.25) is 0 Å². The monoisotopic (exact) mass is 258 g/mol. The van der Waals surface area contributed by atoms with Crippen LogP contribution in [0.3, 0.4) is 0 Å². The standard InChI is InChI=1S/C15H18N2O2/c1-3-19-14-6-4-5-12(9-14)17-13-7-11(16)8-15(10-13)18-2/h4-10,17H,3,16H2,1-2H3. The Morgan fingerprint density at radius 1 is 1.05 bits per heavy atom. The molecule has 0 radical (unpaired) electrons. The van der Waals surface area contributed by atoms with Crippen LogP contribution in [0.4, 0.5) is 17.1 Å². The van der Waals surface area contributed by atoms with Crippen molar-refractivity contribution in [1.29, 1.82) is 0 Å². The van der Waals surface area contributed by atoms with E-state index in [1.165, 1.54) is 0 Å². The zero-order valence-corrected chi connectivity index (χ0v) is 11.1. The first-order valence-electron chi connectivity index (χ1n) is 6.15. The molecule has 100 valence electrons. The number of hydrogen-bond donors (Lipinski definition) is 2. The maximum Gasteiger partial charge on any atom is 0.122 e. The number of nitrogens with two attached hydrogens (primary N) is 1. The topological polar surface area (TPSA) is 56.5 Å². The van der Waals surface area contributed by atoms with Crippen molar-refractivity contribution in [1.82, 2.24) is 0 Å². The van der Waals surface area contributed by atoms with Crippen molar-refractivity contribution in [3.63, 3.8) is 0 Å². The highest BCUT2D eigenvalue weighted by Gasteiger charge is 2.01. The zero-order valence-electron chi connectivity index (χ0n) is 11.1. The molecule has 2 rings (SSSR count). The van der Waals surface area contributed by atoms with E-state index in [1.54, 1.807) is 13.2 Å². The molecule has 0 aliphatic carbocycles. The Balaban J connectivity index is 2.20. The minimum atomic E-state index is 0.648. The van der Waals surface area contributed by atoms with Crippen molar-refractivity contribution in [2.24, 2.45) is 0 Å². The summed E-state index contributed by atoms with van der Waals surface area (Å²) < 4.78 is 10.7. The molecule has 3 N–H and O–H groups in total. The molecule has 2 aromatic rings. The molecular weight excluding hydrogens is 240 g/mol. The molecule has 4 nitrogen and oxygen atoms in total. The van der Waals surface area contributed by atoms with E-state index >= 15 is 0 Å². The third kappa shape index (κ3) is 3.55. The number of nitrogen functional groups attached to an aromatic ring is 1. The summed E-state index contributed by atoms with van der Waals surface area (Å²) in [5.74, 6) is 1.56. The quantitative estimate of drug-likeness (QED) is 0.807. The first-order chi connectivity index (χ1) is 9.21. The van der Waals surface area contributed by atoms with E-state index in [0.29, 0.717) is 12.3 Å². The van der Waals surface area contributed by atoms with Crippen LogP contribution in [0.25, 0.3) is 0 Å². The van der Waals surface area contributed by atoms with Gasteiger partial charge in [0.25, 0.3) is 0 Å². The molecule has 0 aromatic heterocycles. The molecule has 0 amide bonds. The van der Waals surface area contributed by atoms with Crippen molar-refractivity contribution in [2.75, 3.05) is 24.8 Å². The van der Waals surface area contributed by atoms with Gasteiger partial charge in [0.05, 0.1) is 13.7 Å². The van der Waals surface area contributed by atoms with Gasteiger partial charge in [-0.05, 0) is 25.1 Å². The highest BCUT2D eigenvalue weighted by Crippen LogP contribution is 2.26. The molecule has 2 aromatic carbocycles. The predicted molar refractivity (Wildman–Crippen MR) is 78.3 cm³/mol. The highest BCUT2D eigenvalue weighted by atomic mass is 16.5. The van der Waals surface area contributed by atoms with Gasteiger partial charge in [0.1, 0.15) is 11.5 Å². The van der Waals surface area contributed by atoms with Gasteiger partial charge < -0.3 is 20.5 Å². The second-order valence-corrected chi connectivity index (χ2v) is 4.08. The SMILES string of the molecule is CCOc1cccc(Nc2cc(N)cc(OC)c2)c1. The lowest BCUT2D eigenvalue weighted by Crippen LogP contribution is -1.96. The van der Waals surface area contributed by atoms with Gasteiger partial charge in [-0.1, -0.05) is 6.07 Å². The maximum atomic E-state index is 5.82. The summed E-state index contributed by atoms with van der Waals surface area (Å²) in [5, 5.41) is 3.28. The van der Waals surface area contributed by atoms with Gasteiger partial charge in [0.15, 0.2) is 0 Å². The minimum absolute atomic E-state index is 0.648. The van der Waals surface area contributed by atoms with Crippen LogP contribution in [0, 0.1) is 0 Å². The fraction of sp³-hybridized carbons (Fsp3) is 0.200. The van der Waals surface area contributed by atoms with Gasteiger partial charge in [0.2, 0.25) is 0 Å². The van der Waals surface area contributed by atoms with E-state index in [9.17, 15) is 0 Å². The molecule has 0 spiro atoms. The summed E-state index contributed by atoms with van der Waals surface area (Å²) in [5.41, 5.74) is 8.30. The van der Waals surface area contributed by atoms with Gasteiger partial charge in [-0.25, -0.2) is 0 Å². The molecule has 0 saturated carbocycles. The average molecular weight is 258 g/mol. The number of methoxy groups -OCH3 is 1. The van der Waals surface area contributed by atoms with Crippen molar-refractivity contribution >= 4 is 17.1 Å². The lowest BCUT2D eigenvalue weighted by Gasteiger charge is -2.11. The van der Waals surface area contributed by atoms with Crippen LogP contribution in [-0.2, 0) is 0 Å². The number of hydrogen-bond acceptors (Lipinski definition) is 4. The summed E-state index contributed by atoms with van der Waals surface area (Å²) in [6, 6.07) is 13.3. The average Bonchev–Trinajstić information content (AvgIpc) is 2.39. The molecule has 4 heteroatoms. The van der Waals surface area contributed by atoms with Crippen molar-refractivity contribution in [3.8, 4) is 11.5 Å². The number of ether oxygens (including phenoxy) is 2. The maximum absolute atomic E-state index is 5.82. The normalized spacial score (nSPS) is 10.0. The van der Waals surface area contributed by atoms with Crippen LogP contribution in [0.2, 0.25) is 0 Å². The summed E-state index contributed by atoms with van der Waals surface area (Å²) in [4.78, 5) is 0. The molecule has 0 atom stereocenters. The third-order valence-corrected chi connectivity index (χ3v) is 2.60. The Kier molecular flexibility index (Phi) is 4.13. The Bertz CT molecular complexity index is 556. The zero-order chi connectivity index (χ0) is 13.7. The molecule has 0 aliphatic rings. The van der Waals surface area contributed by atoms with Crippen LogP contribution >= 0.6 is 0 Å². The first-order valence-corrected chi connectivity index (χ1v) is 6.15. The van der Waals surface area contributed by atoms with Gasteiger partial charge in [-0.15, -0.1) is 0 Å². The largest absolute Gasteiger partial charge is 0.497 e. The van der Waals surface area contributed by atoms with E-state index in [0.717, 1.165) is 22.9 Å². The van der Waals surface area contributed by atoms with Crippen LogP contribution < -0.4 is 20.5 Å². The highest BCUT2D eigenvalue weighted by molar-refractivity contribution is 5.67. The number of nitrogens with one attached hydrogen (secondary N) is 1. The Morgan fingerprint density at radius 2 is 1.84 bits per heavy atom. The smallest absolute Gasteiger partial charge is 0.122 e. The van der Waals surface area contributed by atoms with Crippen LogP contribution in [0.5, 0.6) is 11.5 Å². The van der Waals surface area contributed by atoms with E-state index in [2.05, 4.69) is 5.32 Å². The molecular formula is C15H18N2O2. The van der Waals surface area contributed by atoms with Crippen LogP contribution in [0.15, 0.2) is 42.5 Å². The molecule has 0 fully saturated rings. The lowest BCUT2D eigenvalue weighted by molar-refractivity contribution is 0.340. The van der Waals surface area contributed by atoms with E-state index in [-0.39, 0.29) is 0 Å². The van der Waals surface area contributed by atoms with Crippen molar-refractivity contribution in [3.05, 3.63) is 42.5 Å². The second-order valence-electron chi connectivity index (χ2n) is 4.08. The number of anilines is 3. The van der Waals surface area contributed by atoms with E-state index < -0.39 is 0 Å². The van der Waals surface area contributed by atoms with E-state index in [4.69, 9.17) is 15.2 Å². The Morgan fingerprint density at radius 3 is 2.58 bits per heavy atom. The minimum Gasteiger partial charge on any atom is -0.497 e. The van der Waals surface area contributed by atoms with Crippen LogP contribution in [-0.4, -0.2) is 13.7 Å². The molecule has 0 aliphatic heterocycles. The molecule has 0 saturated heterocycles. The predicted octanol–water partition coefficient (Wildman–Crippen LogP) is 3.42. The molecule has 19 heavy (non-hydrogen) atoms. The van der Waals surface area contributed by atoms with E-state index in [1.807, 2.05) is 43.3 Å². The molecule has 0 bridgehead atoms. The lowest BCUT2D eigenvalue weighted by atomic mass is 10.2. The summed E-state index contributed by atoms with van der Waals surface area (Å²) in [6.45, 7) is 2.61. The van der Waals surface area contributed by atoms with Crippen molar-refractivity contribution in [2.45, 2.75) is 6.92 Å². The first kappa shape index (κ1) is 13.1. The van der Waals surface area contributed by atoms with Gasteiger partial charge in [-0.2, -0.15) is 0 Å². The molecule has 0 heterocycles. The Hall–Kier alpha value is -2.36. The second kappa shape index (κ2) is 6.00. The summed E-state index contributed by atoms with van der Waals surface area (Å²) in [7, 11) is 1.62. The van der Waals surface area contributed by atoms with Gasteiger partial charge in [0, 0.05) is 35.3 Å². The summed E-state index contributed by atoms with van der Waals surface area (Å²) in [6.07, 6.45) is 0. The fourth-order valence-electron chi connectivity index (χ4n) is 1.81. The summed E-state index contributed by atoms with van der Waals surface area (Å²) >= 11 is 0. The third-order valence-electron chi connectivity index (χ3n) is 2.60. The molecule has 0 unspecified atom stereocenters. The van der Waals surface area contributed by atoms with Gasteiger partial charge >= 0.3 is 0 Å². The fourth-order valence-corrected chi connectivity index (χ4v) is 1.81. The number of benzene rings is 2.